The average Bonchev–Trinajstić information content (AvgIpc) is 2.39. The normalized spacial score (nSPS) is 24.8. The molecule has 0 radical (unpaired) electrons. The fourth-order valence-electron chi connectivity index (χ4n) is 1.34. The second-order valence-electron chi connectivity index (χ2n) is 3.69. The summed E-state index contributed by atoms with van der Waals surface area (Å²) in [4.78, 5) is 0. The van der Waals surface area contributed by atoms with Crippen LogP contribution in [-0.4, -0.2) is 25.8 Å². The average molecular weight is 157 g/mol. The largest absolute Gasteiger partial charge is 0.377 e. The van der Waals surface area contributed by atoms with Gasteiger partial charge in [0.15, 0.2) is 0 Å². The molecule has 0 aliphatic carbocycles. The van der Waals surface area contributed by atoms with E-state index < -0.39 is 0 Å². The van der Waals surface area contributed by atoms with Crippen LogP contribution in [0.2, 0.25) is 0 Å². The van der Waals surface area contributed by atoms with Crippen molar-refractivity contribution in [1.29, 1.82) is 0 Å². The van der Waals surface area contributed by atoms with Gasteiger partial charge in [0, 0.05) is 13.2 Å². The molecule has 2 heteroatoms. The van der Waals surface area contributed by atoms with Crippen LogP contribution in [0.3, 0.4) is 0 Å². The molecular formula is C9H19NO. The first kappa shape index (κ1) is 9.01. The predicted octanol–water partition coefficient (Wildman–Crippen LogP) is 1.41. The van der Waals surface area contributed by atoms with E-state index in [4.69, 9.17) is 4.74 Å². The summed E-state index contributed by atoms with van der Waals surface area (Å²) in [5.41, 5.74) is 0. The molecule has 0 aromatic heterocycles. The minimum absolute atomic E-state index is 0.494. The van der Waals surface area contributed by atoms with Crippen LogP contribution in [0.25, 0.3) is 0 Å². The van der Waals surface area contributed by atoms with E-state index in [1.165, 1.54) is 12.8 Å². The maximum atomic E-state index is 5.47. The molecule has 1 N–H and O–H groups in total. The Morgan fingerprint density at radius 1 is 1.55 bits per heavy atom. The predicted molar refractivity (Wildman–Crippen MR) is 46.7 cm³/mol. The highest BCUT2D eigenvalue weighted by Gasteiger charge is 2.14. The molecule has 1 unspecified atom stereocenters. The third kappa shape index (κ3) is 3.73. The van der Waals surface area contributed by atoms with Crippen molar-refractivity contribution in [3.63, 3.8) is 0 Å². The Morgan fingerprint density at radius 3 is 2.91 bits per heavy atom. The van der Waals surface area contributed by atoms with Crippen molar-refractivity contribution in [2.24, 2.45) is 5.92 Å². The molecule has 2 nitrogen and oxygen atoms in total. The maximum absolute atomic E-state index is 5.47. The van der Waals surface area contributed by atoms with Gasteiger partial charge in [0.1, 0.15) is 0 Å². The van der Waals surface area contributed by atoms with Crippen molar-refractivity contribution < 1.29 is 4.74 Å². The van der Waals surface area contributed by atoms with E-state index >= 15 is 0 Å². The topological polar surface area (TPSA) is 21.3 Å². The highest BCUT2D eigenvalue weighted by Crippen LogP contribution is 2.10. The molecule has 1 fully saturated rings. The van der Waals surface area contributed by atoms with E-state index in [-0.39, 0.29) is 0 Å². The highest BCUT2D eigenvalue weighted by molar-refractivity contribution is 4.67. The number of hydrogen-bond acceptors (Lipinski definition) is 2. The molecule has 1 saturated heterocycles. The van der Waals surface area contributed by atoms with Gasteiger partial charge in [-0.25, -0.2) is 0 Å². The second-order valence-corrected chi connectivity index (χ2v) is 3.69. The highest BCUT2D eigenvalue weighted by atomic mass is 16.5. The quantitative estimate of drug-likeness (QED) is 0.666. The zero-order chi connectivity index (χ0) is 8.10. The Balaban J connectivity index is 1.94. The minimum atomic E-state index is 0.494. The summed E-state index contributed by atoms with van der Waals surface area (Å²) in [6, 6.07) is 0. The molecule has 1 rings (SSSR count). The third-order valence-electron chi connectivity index (χ3n) is 1.95. The molecule has 0 aromatic carbocycles. The zero-order valence-corrected chi connectivity index (χ0v) is 7.60. The van der Waals surface area contributed by atoms with Gasteiger partial charge in [-0.2, -0.15) is 0 Å². The smallest absolute Gasteiger partial charge is 0.0700 e. The molecule has 1 aliphatic heterocycles. The fourth-order valence-corrected chi connectivity index (χ4v) is 1.34. The van der Waals surface area contributed by atoms with Gasteiger partial charge in [0.2, 0.25) is 0 Å². The Kier molecular flexibility index (Phi) is 3.87. The van der Waals surface area contributed by atoms with Gasteiger partial charge >= 0.3 is 0 Å². The van der Waals surface area contributed by atoms with Crippen LogP contribution in [0, 0.1) is 5.92 Å². The van der Waals surface area contributed by atoms with Gasteiger partial charge in [-0.1, -0.05) is 13.8 Å². The molecule has 1 aliphatic rings. The molecule has 1 atom stereocenters. The molecule has 11 heavy (non-hydrogen) atoms. The summed E-state index contributed by atoms with van der Waals surface area (Å²) in [5, 5.41) is 3.40. The second kappa shape index (κ2) is 4.73. The SMILES string of the molecule is CC(C)CNCC1CCCO1. The van der Waals surface area contributed by atoms with Crippen molar-refractivity contribution >= 4 is 0 Å². The first-order valence-electron chi connectivity index (χ1n) is 4.61. The standard InChI is InChI=1S/C9H19NO/c1-8(2)6-10-7-9-4-3-5-11-9/h8-10H,3-7H2,1-2H3. The van der Waals surface area contributed by atoms with Gasteiger partial charge in [-0.15, -0.1) is 0 Å². The van der Waals surface area contributed by atoms with E-state index in [1.807, 2.05) is 0 Å². The van der Waals surface area contributed by atoms with E-state index in [2.05, 4.69) is 19.2 Å². The lowest BCUT2D eigenvalue weighted by atomic mass is 10.2. The van der Waals surface area contributed by atoms with Crippen LogP contribution < -0.4 is 5.32 Å². The van der Waals surface area contributed by atoms with Gasteiger partial charge in [-0.3, -0.25) is 0 Å². The molecule has 1 heterocycles. The fraction of sp³-hybridized carbons (Fsp3) is 1.00. The number of nitrogens with one attached hydrogen (secondary N) is 1. The van der Waals surface area contributed by atoms with E-state index in [1.54, 1.807) is 0 Å². The van der Waals surface area contributed by atoms with Gasteiger partial charge in [0.25, 0.3) is 0 Å². The Morgan fingerprint density at radius 2 is 2.36 bits per heavy atom. The van der Waals surface area contributed by atoms with Crippen molar-refractivity contribution in [2.75, 3.05) is 19.7 Å². The lowest BCUT2D eigenvalue weighted by Gasteiger charge is -2.11. The summed E-state index contributed by atoms with van der Waals surface area (Å²) in [6.07, 6.45) is 2.98. The third-order valence-corrected chi connectivity index (χ3v) is 1.95. The van der Waals surface area contributed by atoms with Crippen molar-refractivity contribution in [1.82, 2.24) is 5.32 Å². The van der Waals surface area contributed by atoms with Gasteiger partial charge < -0.3 is 10.1 Å². The summed E-state index contributed by atoms with van der Waals surface area (Å²) in [7, 11) is 0. The molecule has 0 aromatic rings. The van der Waals surface area contributed by atoms with Crippen molar-refractivity contribution in [3.8, 4) is 0 Å². The van der Waals surface area contributed by atoms with Crippen LogP contribution in [-0.2, 0) is 4.74 Å². The van der Waals surface area contributed by atoms with Crippen molar-refractivity contribution in [2.45, 2.75) is 32.8 Å². The van der Waals surface area contributed by atoms with Crippen LogP contribution >= 0.6 is 0 Å². The van der Waals surface area contributed by atoms with Crippen LogP contribution in [0.1, 0.15) is 26.7 Å². The van der Waals surface area contributed by atoms with Crippen LogP contribution in [0.5, 0.6) is 0 Å². The van der Waals surface area contributed by atoms with E-state index in [9.17, 15) is 0 Å². The van der Waals surface area contributed by atoms with E-state index in [0.717, 1.165) is 25.6 Å². The summed E-state index contributed by atoms with van der Waals surface area (Å²) in [6.45, 7) is 7.57. The Labute approximate surface area is 69.3 Å². The molecule has 0 bridgehead atoms. The lowest BCUT2D eigenvalue weighted by Crippen LogP contribution is -2.29. The lowest BCUT2D eigenvalue weighted by molar-refractivity contribution is 0.109. The number of hydrogen-bond donors (Lipinski definition) is 1. The Bertz CT molecular complexity index is 97.7. The minimum Gasteiger partial charge on any atom is -0.377 e. The first-order valence-corrected chi connectivity index (χ1v) is 4.61. The summed E-state index contributed by atoms with van der Waals surface area (Å²) < 4.78 is 5.47. The number of ether oxygens (including phenoxy) is 1. The van der Waals surface area contributed by atoms with Gasteiger partial charge in [-0.05, 0) is 25.3 Å². The molecule has 0 spiro atoms. The number of rotatable bonds is 4. The maximum Gasteiger partial charge on any atom is 0.0700 e. The summed E-state index contributed by atoms with van der Waals surface area (Å²) in [5.74, 6) is 0.747. The molecule has 66 valence electrons. The molecule has 0 saturated carbocycles. The Hall–Kier alpha value is -0.0800. The van der Waals surface area contributed by atoms with E-state index in [0.29, 0.717) is 6.10 Å². The first-order chi connectivity index (χ1) is 5.29. The molecule has 0 amide bonds. The molecular weight excluding hydrogens is 138 g/mol. The van der Waals surface area contributed by atoms with Crippen LogP contribution in [0.4, 0.5) is 0 Å². The van der Waals surface area contributed by atoms with Gasteiger partial charge in [0.05, 0.1) is 6.10 Å². The monoisotopic (exact) mass is 157 g/mol. The zero-order valence-electron chi connectivity index (χ0n) is 7.60. The van der Waals surface area contributed by atoms with Crippen molar-refractivity contribution in [3.05, 3.63) is 0 Å². The summed E-state index contributed by atoms with van der Waals surface area (Å²) >= 11 is 0. The van der Waals surface area contributed by atoms with Crippen LogP contribution in [0.15, 0.2) is 0 Å².